The Labute approximate surface area is 110 Å². The van der Waals surface area contributed by atoms with Gasteiger partial charge in [0.15, 0.2) is 11.6 Å². The molecule has 3 rings (SSSR count). The lowest BCUT2D eigenvalue weighted by Crippen LogP contribution is -2.05. The molecule has 2 aromatic carbocycles. The third kappa shape index (κ3) is 1.75. The molecule has 0 aromatic heterocycles. The molecule has 0 saturated heterocycles. The van der Waals surface area contributed by atoms with Crippen LogP contribution in [0.5, 0.6) is 0 Å². The lowest BCUT2D eigenvalue weighted by molar-refractivity contribution is 0.501. The van der Waals surface area contributed by atoms with Crippen LogP contribution in [-0.4, -0.2) is 7.85 Å². The maximum Gasteiger partial charge on any atom is 0.163 e. The molecule has 0 spiro atoms. The highest BCUT2D eigenvalue weighted by atomic mass is 32.2. The van der Waals surface area contributed by atoms with Crippen molar-refractivity contribution < 1.29 is 8.78 Å². The van der Waals surface area contributed by atoms with Crippen molar-refractivity contribution >= 4 is 19.6 Å². The Balaban J connectivity index is 2.21. The molecule has 0 amide bonds. The molecule has 0 nitrogen and oxygen atoms in total. The predicted molar refractivity (Wildman–Crippen MR) is 72.7 cm³/mol. The summed E-state index contributed by atoms with van der Waals surface area (Å²) in [6.45, 7) is 0. The molecule has 0 N–H and O–H groups in total. The van der Waals surface area contributed by atoms with E-state index in [1.165, 1.54) is 11.6 Å². The molecule has 0 radical (unpaired) electrons. The Morgan fingerprint density at radius 3 is 2.67 bits per heavy atom. The van der Waals surface area contributed by atoms with Gasteiger partial charge < -0.3 is 0 Å². The second-order valence-corrected chi connectivity index (χ2v) is 5.49. The largest absolute Gasteiger partial charge is 0.204 e. The van der Waals surface area contributed by atoms with Crippen LogP contribution in [0.1, 0.15) is 22.5 Å². The number of rotatable bonds is 0. The monoisotopic (exact) mass is 260 g/mol. The summed E-state index contributed by atoms with van der Waals surface area (Å²) in [5.74, 6) is -0.867. The van der Waals surface area contributed by atoms with Gasteiger partial charge in [0.25, 0.3) is 0 Å². The van der Waals surface area contributed by atoms with E-state index in [9.17, 15) is 8.78 Å². The number of fused-ring (bicyclic) bond motifs is 2. The number of hydrogen-bond donors (Lipinski definition) is 0. The van der Waals surface area contributed by atoms with E-state index < -0.39 is 11.6 Å². The Hall–Kier alpha value is -1.29. The average Bonchev–Trinajstić information content (AvgIpc) is 2.53. The van der Waals surface area contributed by atoms with Gasteiger partial charge in [-0.05, 0) is 29.1 Å². The van der Waals surface area contributed by atoms with Gasteiger partial charge in [0.05, 0.1) is 0 Å². The van der Waals surface area contributed by atoms with Crippen LogP contribution in [0.2, 0.25) is 0 Å². The molecule has 1 atom stereocenters. The summed E-state index contributed by atoms with van der Waals surface area (Å²) in [5, 5.41) is 0. The topological polar surface area (TPSA) is 0 Å². The first kappa shape index (κ1) is 11.8. The summed E-state index contributed by atoms with van der Waals surface area (Å²) in [4.78, 5) is 1.15. The van der Waals surface area contributed by atoms with E-state index >= 15 is 0 Å². The summed E-state index contributed by atoms with van der Waals surface area (Å²) in [7, 11) is 2.04. The first-order valence-corrected chi connectivity index (χ1v) is 6.85. The van der Waals surface area contributed by atoms with Crippen LogP contribution in [-0.2, 0) is 5.75 Å². The summed E-state index contributed by atoms with van der Waals surface area (Å²) < 4.78 is 27.2. The van der Waals surface area contributed by atoms with Crippen molar-refractivity contribution in [2.45, 2.75) is 16.5 Å². The SMILES string of the molecule is BC1c2ccccc2SCc2c1ccc(F)c2F. The van der Waals surface area contributed by atoms with E-state index in [-0.39, 0.29) is 5.82 Å². The van der Waals surface area contributed by atoms with Gasteiger partial charge in [0.1, 0.15) is 7.85 Å². The van der Waals surface area contributed by atoms with Gasteiger partial charge >= 0.3 is 0 Å². The normalized spacial score (nSPS) is 17.8. The molecule has 0 bridgehead atoms. The van der Waals surface area contributed by atoms with Crippen LogP contribution < -0.4 is 0 Å². The van der Waals surface area contributed by atoms with E-state index in [0.29, 0.717) is 11.3 Å². The van der Waals surface area contributed by atoms with Crippen LogP contribution in [0.25, 0.3) is 0 Å². The van der Waals surface area contributed by atoms with Crippen LogP contribution in [0.3, 0.4) is 0 Å². The third-order valence-corrected chi connectivity index (χ3v) is 4.57. The fourth-order valence-electron chi connectivity index (χ4n) is 2.45. The third-order valence-electron chi connectivity index (χ3n) is 3.46. The highest BCUT2D eigenvalue weighted by Gasteiger charge is 2.23. The maximum atomic E-state index is 13.9. The maximum absolute atomic E-state index is 13.9. The molecule has 90 valence electrons. The van der Waals surface area contributed by atoms with Crippen LogP contribution in [0.15, 0.2) is 41.3 Å². The number of benzene rings is 2. The lowest BCUT2D eigenvalue weighted by atomic mass is 9.74. The quantitative estimate of drug-likeness (QED) is 0.655. The molecule has 1 unspecified atom stereocenters. The van der Waals surface area contributed by atoms with E-state index in [4.69, 9.17) is 0 Å². The van der Waals surface area contributed by atoms with Crippen molar-refractivity contribution in [2.75, 3.05) is 0 Å². The first-order chi connectivity index (χ1) is 8.68. The minimum absolute atomic E-state index is 0.0984. The van der Waals surface area contributed by atoms with Crippen molar-refractivity contribution in [1.82, 2.24) is 0 Å². The molecular formula is C14H11BF2S. The summed E-state index contributed by atoms with van der Waals surface area (Å²) in [6.07, 6.45) is 0. The standard InChI is InChI=1S/C14H11BF2S/c15-13-8-5-6-11(16)14(17)10(8)7-18-12-4-2-1-3-9(12)13/h1-6,13H,7,15H2. The van der Waals surface area contributed by atoms with Crippen LogP contribution in [0, 0.1) is 11.6 Å². The Morgan fingerprint density at radius 1 is 1.06 bits per heavy atom. The van der Waals surface area contributed by atoms with Gasteiger partial charge in [0.2, 0.25) is 0 Å². The summed E-state index contributed by atoms with van der Waals surface area (Å²) >= 11 is 1.57. The first-order valence-electron chi connectivity index (χ1n) is 5.87. The summed E-state index contributed by atoms with van der Waals surface area (Å²) in [6, 6.07) is 11.0. The zero-order chi connectivity index (χ0) is 12.7. The van der Waals surface area contributed by atoms with E-state index in [2.05, 4.69) is 6.07 Å². The molecule has 0 fully saturated rings. The zero-order valence-corrected chi connectivity index (χ0v) is 10.7. The van der Waals surface area contributed by atoms with Crippen molar-refractivity contribution in [1.29, 1.82) is 0 Å². The highest BCUT2D eigenvalue weighted by molar-refractivity contribution is 7.98. The highest BCUT2D eigenvalue weighted by Crippen LogP contribution is 2.40. The van der Waals surface area contributed by atoms with E-state index in [0.717, 1.165) is 10.5 Å². The van der Waals surface area contributed by atoms with E-state index in [1.807, 2.05) is 26.0 Å². The fraction of sp³-hybridized carbons (Fsp3) is 0.143. The molecular weight excluding hydrogens is 249 g/mol. The molecule has 18 heavy (non-hydrogen) atoms. The lowest BCUT2D eigenvalue weighted by Gasteiger charge is -2.15. The number of thioether (sulfide) groups is 1. The molecule has 1 heterocycles. The van der Waals surface area contributed by atoms with Gasteiger partial charge in [-0.25, -0.2) is 8.78 Å². The minimum atomic E-state index is -0.757. The smallest absolute Gasteiger partial charge is 0.163 e. The molecule has 2 aromatic rings. The second kappa shape index (κ2) is 4.43. The van der Waals surface area contributed by atoms with Gasteiger partial charge in [-0.2, -0.15) is 0 Å². The summed E-state index contributed by atoms with van der Waals surface area (Å²) in [5.41, 5.74) is 2.59. The molecule has 1 aliphatic rings. The molecule has 0 aliphatic carbocycles. The van der Waals surface area contributed by atoms with Crippen molar-refractivity contribution in [3.8, 4) is 0 Å². The van der Waals surface area contributed by atoms with Gasteiger partial charge in [-0.1, -0.05) is 24.3 Å². The van der Waals surface area contributed by atoms with Gasteiger partial charge in [-0.15, -0.1) is 11.8 Å². The number of halogens is 2. The Bertz CT molecular complexity index is 613. The average molecular weight is 260 g/mol. The number of hydrogen-bond acceptors (Lipinski definition) is 1. The predicted octanol–water partition coefficient (Wildman–Crippen LogP) is 3.29. The van der Waals surface area contributed by atoms with Crippen molar-refractivity contribution in [3.05, 3.63) is 64.7 Å². The Kier molecular flexibility index (Phi) is 2.90. The van der Waals surface area contributed by atoms with Gasteiger partial charge in [-0.3, -0.25) is 0 Å². The van der Waals surface area contributed by atoms with Gasteiger partial charge in [0, 0.05) is 16.2 Å². The van der Waals surface area contributed by atoms with E-state index in [1.54, 1.807) is 17.8 Å². The molecule has 1 aliphatic heterocycles. The van der Waals surface area contributed by atoms with Crippen LogP contribution in [0.4, 0.5) is 8.78 Å². The zero-order valence-electron chi connectivity index (χ0n) is 9.91. The van der Waals surface area contributed by atoms with Crippen LogP contribution >= 0.6 is 11.8 Å². The molecule has 0 saturated carbocycles. The molecule has 4 heteroatoms. The van der Waals surface area contributed by atoms with Crippen molar-refractivity contribution in [3.63, 3.8) is 0 Å². The Morgan fingerprint density at radius 2 is 1.83 bits per heavy atom. The second-order valence-electron chi connectivity index (χ2n) is 4.48. The van der Waals surface area contributed by atoms with Crippen molar-refractivity contribution in [2.24, 2.45) is 0 Å². The minimum Gasteiger partial charge on any atom is -0.204 e. The fourth-order valence-corrected chi connectivity index (χ4v) is 3.63.